The van der Waals surface area contributed by atoms with Gasteiger partial charge in [0, 0.05) is 50.2 Å². The van der Waals surface area contributed by atoms with Gasteiger partial charge in [-0.05, 0) is 38.9 Å². The smallest absolute Gasteiger partial charge is 0.242 e. The van der Waals surface area contributed by atoms with Gasteiger partial charge in [0.1, 0.15) is 12.4 Å². The number of hydrogen-bond acceptors (Lipinski definition) is 5. The van der Waals surface area contributed by atoms with Gasteiger partial charge in [-0.1, -0.05) is 13.0 Å². The van der Waals surface area contributed by atoms with Crippen molar-refractivity contribution in [1.82, 2.24) is 25.0 Å². The van der Waals surface area contributed by atoms with E-state index in [9.17, 15) is 4.79 Å². The number of carbonyl (C=O) groups is 1. The standard InChI is InChI=1S/C20H30N6O/c1-5-18-15(2)23-26(16(18)3)14-19(27)22-13-17-7-6-8-21-20(17)25-11-9-24(4)10-12-25/h6-8H,5,9-14H2,1-4H3,(H,22,27). The quantitative estimate of drug-likeness (QED) is 0.835. The number of hydrogen-bond donors (Lipinski definition) is 1. The highest BCUT2D eigenvalue weighted by Gasteiger charge is 2.18. The first kappa shape index (κ1) is 19.4. The molecule has 0 spiro atoms. The van der Waals surface area contributed by atoms with Crippen molar-refractivity contribution < 1.29 is 4.79 Å². The van der Waals surface area contributed by atoms with Crippen molar-refractivity contribution in [3.8, 4) is 0 Å². The average Bonchev–Trinajstić information content (AvgIpc) is 2.93. The lowest BCUT2D eigenvalue weighted by Gasteiger charge is -2.34. The Balaban J connectivity index is 1.62. The zero-order valence-electron chi connectivity index (χ0n) is 16.8. The second-order valence-corrected chi connectivity index (χ2v) is 7.21. The van der Waals surface area contributed by atoms with Crippen molar-refractivity contribution in [3.63, 3.8) is 0 Å². The summed E-state index contributed by atoms with van der Waals surface area (Å²) in [6.07, 6.45) is 2.75. The molecule has 0 aromatic carbocycles. The van der Waals surface area contributed by atoms with Crippen LogP contribution < -0.4 is 10.2 Å². The summed E-state index contributed by atoms with van der Waals surface area (Å²) in [6.45, 7) is 10.8. The van der Waals surface area contributed by atoms with Crippen molar-refractivity contribution in [3.05, 3.63) is 40.8 Å². The van der Waals surface area contributed by atoms with E-state index in [1.165, 1.54) is 5.56 Å². The highest BCUT2D eigenvalue weighted by atomic mass is 16.2. The van der Waals surface area contributed by atoms with Gasteiger partial charge in [0.25, 0.3) is 0 Å². The predicted molar refractivity (Wildman–Crippen MR) is 107 cm³/mol. The lowest BCUT2D eigenvalue weighted by atomic mass is 10.1. The van der Waals surface area contributed by atoms with E-state index in [0.717, 1.165) is 55.4 Å². The van der Waals surface area contributed by atoms with Crippen LogP contribution in [0.1, 0.15) is 29.4 Å². The van der Waals surface area contributed by atoms with Gasteiger partial charge in [-0.2, -0.15) is 5.10 Å². The number of nitrogens with zero attached hydrogens (tertiary/aromatic N) is 5. The summed E-state index contributed by atoms with van der Waals surface area (Å²) < 4.78 is 1.80. The molecule has 1 amide bonds. The Hall–Kier alpha value is -2.41. The first-order chi connectivity index (χ1) is 13.0. The van der Waals surface area contributed by atoms with Gasteiger partial charge < -0.3 is 15.1 Å². The van der Waals surface area contributed by atoms with E-state index < -0.39 is 0 Å². The predicted octanol–water partition coefficient (Wildman–Crippen LogP) is 1.53. The van der Waals surface area contributed by atoms with Crippen LogP contribution in [0.2, 0.25) is 0 Å². The number of anilines is 1. The molecule has 1 N–H and O–H groups in total. The lowest BCUT2D eigenvalue weighted by Crippen LogP contribution is -2.45. The summed E-state index contributed by atoms with van der Waals surface area (Å²) in [6, 6.07) is 3.97. The molecule has 2 aromatic rings. The third-order valence-electron chi connectivity index (χ3n) is 5.32. The molecule has 2 aromatic heterocycles. The van der Waals surface area contributed by atoms with E-state index in [2.05, 4.69) is 39.2 Å². The van der Waals surface area contributed by atoms with Gasteiger partial charge in [0.15, 0.2) is 0 Å². The minimum Gasteiger partial charge on any atom is -0.354 e. The average molecular weight is 371 g/mol. The molecule has 0 atom stereocenters. The Morgan fingerprint density at radius 1 is 1.22 bits per heavy atom. The van der Waals surface area contributed by atoms with Crippen molar-refractivity contribution >= 4 is 11.7 Å². The number of aromatic nitrogens is 3. The molecule has 7 heteroatoms. The molecule has 146 valence electrons. The molecule has 7 nitrogen and oxygen atoms in total. The fourth-order valence-corrected chi connectivity index (χ4v) is 3.66. The van der Waals surface area contributed by atoms with Crippen LogP contribution in [0.4, 0.5) is 5.82 Å². The molecule has 27 heavy (non-hydrogen) atoms. The molecule has 1 saturated heterocycles. The van der Waals surface area contributed by atoms with Crippen LogP contribution in [0.5, 0.6) is 0 Å². The maximum absolute atomic E-state index is 12.5. The molecule has 1 aliphatic heterocycles. The normalized spacial score (nSPS) is 15.2. The van der Waals surface area contributed by atoms with E-state index in [-0.39, 0.29) is 12.5 Å². The van der Waals surface area contributed by atoms with Crippen LogP contribution in [0.3, 0.4) is 0 Å². The lowest BCUT2D eigenvalue weighted by molar-refractivity contribution is -0.122. The summed E-state index contributed by atoms with van der Waals surface area (Å²) in [4.78, 5) is 21.7. The molecular weight excluding hydrogens is 340 g/mol. The highest BCUT2D eigenvalue weighted by Crippen LogP contribution is 2.19. The number of aryl methyl sites for hydroxylation is 1. The Morgan fingerprint density at radius 2 is 1.96 bits per heavy atom. The second-order valence-electron chi connectivity index (χ2n) is 7.21. The van der Waals surface area contributed by atoms with Gasteiger partial charge in [0.2, 0.25) is 5.91 Å². The zero-order chi connectivity index (χ0) is 19.4. The van der Waals surface area contributed by atoms with E-state index in [1.807, 2.05) is 32.2 Å². The summed E-state index contributed by atoms with van der Waals surface area (Å²) in [5.74, 6) is 0.946. The van der Waals surface area contributed by atoms with Gasteiger partial charge in [-0.25, -0.2) is 4.98 Å². The Kier molecular flexibility index (Phi) is 6.11. The van der Waals surface area contributed by atoms with Gasteiger partial charge >= 0.3 is 0 Å². The van der Waals surface area contributed by atoms with E-state index in [0.29, 0.717) is 6.54 Å². The third kappa shape index (κ3) is 4.47. The molecule has 1 fully saturated rings. The van der Waals surface area contributed by atoms with Crippen LogP contribution in [0, 0.1) is 13.8 Å². The minimum absolute atomic E-state index is 0.0311. The zero-order valence-corrected chi connectivity index (χ0v) is 16.8. The van der Waals surface area contributed by atoms with Crippen LogP contribution in [-0.2, 0) is 24.3 Å². The van der Waals surface area contributed by atoms with Gasteiger partial charge in [-0.3, -0.25) is 9.48 Å². The summed E-state index contributed by atoms with van der Waals surface area (Å²) >= 11 is 0. The van der Waals surface area contributed by atoms with E-state index in [4.69, 9.17) is 0 Å². The first-order valence-electron chi connectivity index (χ1n) is 9.66. The summed E-state index contributed by atoms with van der Waals surface area (Å²) in [5.41, 5.74) is 4.36. The maximum atomic E-state index is 12.5. The number of likely N-dealkylation sites (N-methyl/N-ethyl adjacent to an activating group) is 1. The Bertz CT molecular complexity index is 792. The number of pyridine rings is 1. The molecule has 0 aliphatic carbocycles. The van der Waals surface area contributed by atoms with Crippen LogP contribution in [0.25, 0.3) is 0 Å². The monoisotopic (exact) mass is 370 g/mol. The summed E-state index contributed by atoms with van der Waals surface area (Å²) in [5, 5.41) is 7.54. The number of piperazine rings is 1. The van der Waals surface area contributed by atoms with Crippen molar-refractivity contribution in [1.29, 1.82) is 0 Å². The maximum Gasteiger partial charge on any atom is 0.242 e. The minimum atomic E-state index is -0.0311. The van der Waals surface area contributed by atoms with Crippen LogP contribution >= 0.6 is 0 Å². The van der Waals surface area contributed by atoms with Crippen molar-refractivity contribution in [2.24, 2.45) is 0 Å². The fraction of sp³-hybridized carbons (Fsp3) is 0.550. The number of carbonyl (C=O) groups excluding carboxylic acids is 1. The van der Waals surface area contributed by atoms with Gasteiger partial charge in [-0.15, -0.1) is 0 Å². The Morgan fingerprint density at radius 3 is 2.63 bits per heavy atom. The van der Waals surface area contributed by atoms with Crippen molar-refractivity contribution in [2.75, 3.05) is 38.1 Å². The van der Waals surface area contributed by atoms with Crippen molar-refractivity contribution in [2.45, 2.75) is 40.3 Å². The number of nitrogens with one attached hydrogen (secondary N) is 1. The molecule has 1 aliphatic rings. The molecule has 3 heterocycles. The summed E-state index contributed by atoms with van der Waals surface area (Å²) in [7, 11) is 2.14. The molecule has 0 saturated carbocycles. The molecule has 0 unspecified atom stereocenters. The van der Waals surface area contributed by atoms with Crippen LogP contribution in [-0.4, -0.2) is 58.8 Å². The molecular formula is C20H30N6O. The molecule has 0 radical (unpaired) electrons. The number of rotatable bonds is 6. The number of amides is 1. The topological polar surface area (TPSA) is 66.3 Å². The molecule has 0 bridgehead atoms. The van der Waals surface area contributed by atoms with Gasteiger partial charge in [0.05, 0.1) is 5.69 Å². The largest absolute Gasteiger partial charge is 0.354 e. The first-order valence-corrected chi connectivity index (χ1v) is 9.66. The SMILES string of the molecule is CCc1c(C)nn(CC(=O)NCc2cccnc2N2CCN(C)CC2)c1C. The molecule has 3 rings (SSSR count). The highest BCUT2D eigenvalue weighted by molar-refractivity contribution is 5.76. The van der Waals surface area contributed by atoms with E-state index >= 15 is 0 Å². The Labute approximate surface area is 161 Å². The second kappa shape index (κ2) is 8.52. The fourth-order valence-electron chi connectivity index (χ4n) is 3.66. The van der Waals surface area contributed by atoms with Crippen LogP contribution in [0.15, 0.2) is 18.3 Å². The van der Waals surface area contributed by atoms with E-state index in [1.54, 1.807) is 4.68 Å². The third-order valence-corrected chi connectivity index (χ3v) is 5.32.